The number of rotatable bonds is 7. The second-order valence-electron chi connectivity index (χ2n) is 4.00. The average Bonchev–Trinajstić information content (AvgIpc) is 2.06. The van der Waals surface area contributed by atoms with E-state index in [1.807, 2.05) is 0 Å². The predicted octanol–water partition coefficient (Wildman–Crippen LogP) is 4.60. The molecule has 0 aromatic heterocycles. The van der Waals surface area contributed by atoms with Crippen LogP contribution in [0.5, 0.6) is 0 Å². The Labute approximate surface area is 78.8 Å². The summed E-state index contributed by atoms with van der Waals surface area (Å²) in [5.41, 5.74) is 0.582. The second kappa shape index (κ2) is 6.51. The molecule has 1 radical (unpaired) electrons. The lowest BCUT2D eigenvalue weighted by molar-refractivity contribution is 0.213. The largest absolute Gasteiger partial charge is 0.0654 e. The summed E-state index contributed by atoms with van der Waals surface area (Å²) in [6, 6.07) is 0. The van der Waals surface area contributed by atoms with Gasteiger partial charge in [0, 0.05) is 0 Å². The van der Waals surface area contributed by atoms with E-state index in [0.717, 1.165) is 6.42 Å². The molecule has 0 heterocycles. The minimum atomic E-state index is 0.582. The first kappa shape index (κ1) is 12.0. The van der Waals surface area contributed by atoms with E-state index in [9.17, 15) is 0 Å². The monoisotopic (exact) mass is 169 g/mol. The molecule has 0 bridgehead atoms. The zero-order valence-electron chi connectivity index (χ0n) is 9.16. The maximum absolute atomic E-state index is 4.11. The highest BCUT2D eigenvalue weighted by molar-refractivity contribution is 4.79. The van der Waals surface area contributed by atoms with Crippen LogP contribution < -0.4 is 0 Å². The smallest absolute Gasteiger partial charge is 0.0298 e. The van der Waals surface area contributed by atoms with Crippen LogP contribution in [0.4, 0.5) is 0 Å². The summed E-state index contributed by atoms with van der Waals surface area (Å²) >= 11 is 0. The van der Waals surface area contributed by atoms with E-state index in [4.69, 9.17) is 0 Å². The lowest BCUT2D eigenvalue weighted by atomic mass is 9.74. The summed E-state index contributed by atoms with van der Waals surface area (Å²) in [6.45, 7) is 11.0. The molecule has 0 aromatic carbocycles. The van der Waals surface area contributed by atoms with Gasteiger partial charge in [0.25, 0.3) is 0 Å². The molecule has 0 saturated heterocycles. The van der Waals surface area contributed by atoms with Gasteiger partial charge in [-0.15, -0.1) is 0 Å². The van der Waals surface area contributed by atoms with E-state index < -0.39 is 0 Å². The number of hydrogen-bond donors (Lipinski definition) is 0. The van der Waals surface area contributed by atoms with Crippen molar-refractivity contribution in [3.63, 3.8) is 0 Å². The van der Waals surface area contributed by atoms with Crippen molar-refractivity contribution in [2.45, 2.75) is 65.7 Å². The van der Waals surface area contributed by atoms with Crippen molar-refractivity contribution < 1.29 is 0 Å². The van der Waals surface area contributed by atoms with Crippen LogP contribution in [0.3, 0.4) is 0 Å². The highest BCUT2D eigenvalue weighted by Crippen LogP contribution is 2.37. The van der Waals surface area contributed by atoms with Crippen molar-refractivity contribution in [3.05, 3.63) is 6.92 Å². The Bertz CT molecular complexity index is 77.2. The topological polar surface area (TPSA) is 0 Å². The molecule has 0 fully saturated rings. The molecule has 0 rings (SSSR count). The van der Waals surface area contributed by atoms with Crippen molar-refractivity contribution >= 4 is 0 Å². The molecule has 12 heavy (non-hydrogen) atoms. The molecular weight excluding hydrogens is 144 g/mol. The highest BCUT2D eigenvalue weighted by atomic mass is 14.3. The fourth-order valence-corrected chi connectivity index (χ4v) is 2.34. The van der Waals surface area contributed by atoms with Crippen molar-refractivity contribution in [2.75, 3.05) is 0 Å². The van der Waals surface area contributed by atoms with E-state index in [-0.39, 0.29) is 0 Å². The van der Waals surface area contributed by atoms with Crippen LogP contribution in [0.2, 0.25) is 0 Å². The minimum Gasteiger partial charge on any atom is -0.0654 e. The average molecular weight is 169 g/mol. The third-order valence-corrected chi connectivity index (χ3v) is 2.87. The maximum atomic E-state index is 4.11. The zero-order chi connectivity index (χ0) is 9.45. The Kier molecular flexibility index (Phi) is 6.51. The van der Waals surface area contributed by atoms with E-state index in [2.05, 4.69) is 27.7 Å². The standard InChI is InChI=1S/C12H25/c1-5-9-12(8-4,10-6-2)11-7-3/h4-11H2,1-3H3. The quantitative estimate of drug-likeness (QED) is 0.522. The van der Waals surface area contributed by atoms with Gasteiger partial charge in [0.15, 0.2) is 0 Å². The van der Waals surface area contributed by atoms with Crippen molar-refractivity contribution in [2.24, 2.45) is 5.41 Å². The lowest BCUT2D eigenvalue weighted by Crippen LogP contribution is -2.19. The first-order chi connectivity index (χ1) is 5.74. The molecule has 0 aromatic rings. The Hall–Kier alpha value is 0. The second-order valence-corrected chi connectivity index (χ2v) is 4.00. The van der Waals surface area contributed by atoms with Crippen LogP contribution in [-0.2, 0) is 0 Å². The van der Waals surface area contributed by atoms with Gasteiger partial charge in [-0.3, -0.25) is 0 Å². The summed E-state index contributed by atoms with van der Waals surface area (Å²) in [7, 11) is 0. The van der Waals surface area contributed by atoms with Gasteiger partial charge in [-0.1, -0.05) is 47.0 Å². The third-order valence-electron chi connectivity index (χ3n) is 2.87. The van der Waals surface area contributed by atoms with Gasteiger partial charge in [-0.25, -0.2) is 0 Å². The van der Waals surface area contributed by atoms with Gasteiger partial charge in [-0.2, -0.15) is 0 Å². The minimum absolute atomic E-state index is 0.582. The third kappa shape index (κ3) is 3.60. The van der Waals surface area contributed by atoms with Crippen LogP contribution in [0.25, 0.3) is 0 Å². The van der Waals surface area contributed by atoms with Crippen LogP contribution in [0, 0.1) is 12.3 Å². The van der Waals surface area contributed by atoms with Crippen LogP contribution in [0.1, 0.15) is 65.7 Å². The zero-order valence-corrected chi connectivity index (χ0v) is 9.16. The van der Waals surface area contributed by atoms with E-state index in [1.54, 1.807) is 0 Å². The van der Waals surface area contributed by atoms with Crippen LogP contribution in [-0.4, -0.2) is 0 Å². The molecule has 0 aliphatic carbocycles. The molecule has 0 aliphatic heterocycles. The first-order valence-corrected chi connectivity index (χ1v) is 5.54. The molecule has 0 saturated carbocycles. The first-order valence-electron chi connectivity index (χ1n) is 5.54. The predicted molar refractivity (Wildman–Crippen MR) is 57.1 cm³/mol. The normalized spacial score (nSPS) is 12.0. The van der Waals surface area contributed by atoms with Gasteiger partial charge < -0.3 is 0 Å². The highest BCUT2D eigenvalue weighted by Gasteiger charge is 2.24. The van der Waals surface area contributed by atoms with Crippen LogP contribution >= 0.6 is 0 Å². The molecule has 73 valence electrons. The van der Waals surface area contributed by atoms with Gasteiger partial charge in [-0.05, 0) is 31.1 Å². The van der Waals surface area contributed by atoms with Gasteiger partial charge in [0.1, 0.15) is 0 Å². The molecule has 0 heteroatoms. The molecule has 0 aliphatic rings. The van der Waals surface area contributed by atoms with Gasteiger partial charge >= 0.3 is 0 Å². The SMILES string of the molecule is [CH2]CC(CCC)(CCC)CCC. The van der Waals surface area contributed by atoms with Crippen molar-refractivity contribution in [1.82, 2.24) is 0 Å². The summed E-state index contributed by atoms with van der Waals surface area (Å²) in [4.78, 5) is 0. The van der Waals surface area contributed by atoms with Crippen LogP contribution in [0.15, 0.2) is 0 Å². The Morgan fingerprint density at radius 2 is 1.17 bits per heavy atom. The maximum Gasteiger partial charge on any atom is -0.0298 e. The van der Waals surface area contributed by atoms with Crippen molar-refractivity contribution in [3.8, 4) is 0 Å². The van der Waals surface area contributed by atoms with Crippen molar-refractivity contribution in [1.29, 1.82) is 0 Å². The van der Waals surface area contributed by atoms with Gasteiger partial charge in [0.05, 0.1) is 0 Å². The lowest BCUT2D eigenvalue weighted by Gasteiger charge is -2.32. The van der Waals surface area contributed by atoms with E-state index >= 15 is 0 Å². The fourth-order valence-electron chi connectivity index (χ4n) is 2.34. The fraction of sp³-hybridized carbons (Fsp3) is 0.917. The van der Waals surface area contributed by atoms with E-state index in [0.29, 0.717) is 5.41 Å². The molecular formula is C12H25. The molecule has 0 unspecified atom stereocenters. The summed E-state index contributed by atoms with van der Waals surface area (Å²) in [5, 5.41) is 0. The molecule has 0 amide bonds. The Morgan fingerprint density at radius 3 is 1.33 bits per heavy atom. The Morgan fingerprint density at radius 1 is 0.833 bits per heavy atom. The molecule has 0 atom stereocenters. The van der Waals surface area contributed by atoms with E-state index in [1.165, 1.54) is 38.5 Å². The molecule has 0 N–H and O–H groups in total. The summed E-state index contributed by atoms with van der Waals surface area (Å²) in [5.74, 6) is 0. The summed E-state index contributed by atoms with van der Waals surface area (Å²) < 4.78 is 0. The number of hydrogen-bond acceptors (Lipinski definition) is 0. The summed E-state index contributed by atoms with van der Waals surface area (Å²) in [6.07, 6.45) is 9.19. The molecule has 0 nitrogen and oxygen atoms in total. The Balaban J connectivity index is 4.06. The van der Waals surface area contributed by atoms with Gasteiger partial charge in [0.2, 0.25) is 0 Å². The molecule has 0 spiro atoms.